The van der Waals surface area contributed by atoms with Crippen LogP contribution in [-0.4, -0.2) is 27.7 Å². The van der Waals surface area contributed by atoms with Crippen LogP contribution in [0.15, 0.2) is 17.6 Å². The molecule has 106 valence electrons. The number of anilines is 1. The number of aliphatic hydroxyl groups excluding tert-OH is 1. The van der Waals surface area contributed by atoms with Crippen LogP contribution in [0.3, 0.4) is 0 Å². The van der Waals surface area contributed by atoms with E-state index < -0.39 is 0 Å². The van der Waals surface area contributed by atoms with Crippen molar-refractivity contribution in [3.05, 3.63) is 27.8 Å². The first kappa shape index (κ1) is 13.3. The van der Waals surface area contributed by atoms with Gasteiger partial charge in [0.1, 0.15) is 5.69 Å². The maximum Gasteiger partial charge on any atom is 0.319 e. The zero-order chi connectivity index (χ0) is 14.1. The quantitative estimate of drug-likeness (QED) is 0.668. The third kappa shape index (κ3) is 2.23. The molecule has 1 saturated carbocycles. The van der Waals surface area contributed by atoms with E-state index in [2.05, 4.69) is 10.3 Å². The second-order valence-corrected chi connectivity index (χ2v) is 5.93. The molecule has 0 bridgehead atoms. The average molecular weight is 293 g/mol. The lowest BCUT2D eigenvalue weighted by molar-refractivity contribution is -0.382. The van der Waals surface area contributed by atoms with E-state index in [9.17, 15) is 15.2 Å². The molecule has 1 aromatic carbocycles. The summed E-state index contributed by atoms with van der Waals surface area (Å²) in [6, 6.07) is 3.69. The van der Waals surface area contributed by atoms with Gasteiger partial charge in [0.25, 0.3) is 0 Å². The highest BCUT2D eigenvalue weighted by Crippen LogP contribution is 2.37. The highest BCUT2D eigenvalue weighted by molar-refractivity contribution is 7.16. The van der Waals surface area contributed by atoms with Crippen molar-refractivity contribution in [2.24, 2.45) is 5.92 Å². The van der Waals surface area contributed by atoms with E-state index in [1.165, 1.54) is 11.3 Å². The van der Waals surface area contributed by atoms with Crippen molar-refractivity contribution in [1.29, 1.82) is 0 Å². The molecule has 1 aliphatic rings. The third-order valence-corrected chi connectivity index (χ3v) is 4.69. The van der Waals surface area contributed by atoms with Gasteiger partial charge in [-0.3, -0.25) is 10.1 Å². The van der Waals surface area contributed by atoms with Crippen LogP contribution >= 0.6 is 11.3 Å². The van der Waals surface area contributed by atoms with Gasteiger partial charge < -0.3 is 10.4 Å². The third-order valence-electron chi connectivity index (χ3n) is 3.89. The first-order chi connectivity index (χ1) is 9.70. The Balaban J connectivity index is 1.98. The van der Waals surface area contributed by atoms with Gasteiger partial charge in [-0.05, 0) is 25.0 Å². The van der Waals surface area contributed by atoms with Crippen molar-refractivity contribution in [3.8, 4) is 0 Å². The molecule has 0 radical (unpaired) electrons. The summed E-state index contributed by atoms with van der Waals surface area (Å²) in [7, 11) is 0. The predicted octanol–water partition coefficient (Wildman–Crippen LogP) is 2.78. The largest absolute Gasteiger partial charge is 0.396 e. The summed E-state index contributed by atoms with van der Waals surface area (Å²) >= 11 is 1.39. The van der Waals surface area contributed by atoms with Gasteiger partial charge in [0.05, 0.1) is 15.1 Å². The molecule has 2 atom stereocenters. The minimum absolute atomic E-state index is 0.0346. The Morgan fingerprint density at radius 2 is 2.35 bits per heavy atom. The lowest BCUT2D eigenvalue weighted by Crippen LogP contribution is -2.26. The van der Waals surface area contributed by atoms with E-state index in [0.717, 1.165) is 24.0 Å². The predicted molar refractivity (Wildman–Crippen MR) is 78.1 cm³/mol. The number of hydrogen-bond acceptors (Lipinski definition) is 6. The highest BCUT2D eigenvalue weighted by atomic mass is 32.1. The molecule has 0 amide bonds. The molecule has 0 aliphatic heterocycles. The minimum Gasteiger partial charge on any atom is -0.396 e. The fourth-order valence-corrected chi connectivity index (χ4v) is 3.54. The molecule has 1 fully saturated rings. The highest BCUT2D eigenvalue weighted by Gasteiger charge is 2.29. The first-order valence-electron chi connectivity index (χ1n) is 6.58. The van der Waals surface area contributed by atoms with Crippen molar-refractivity contribution < 1.29 is 10.0 Å². The molecule has 6 nitrogen and oxygen atoms in total. The summed E-state index contributed by atoms with van der Waals surface area (Å²) in [5, 5.41) is 23.9. The number of aliphatic hydroxyl groups is 1. The second kappa shape index (κ2) is 5.34. The van der Waals surface area contributed by atoms with Gasteiger partial charge in [0.15, 0.2) is 5.52 Å². The van der Waals surface area contributed by atoms with E-state index >= 15 is 0 Å². The van der Waals surface area contributed by atoms with Gasteiger partial charge in [-0.15, -0.1) is 11.3 Å². The number of fused-ring (bicyclic) bond motifs is 1. The van der Waals surface area contributed by atoms with E-state index in [1.807, 2.05) is 6.07 Å². The van der Waals surface area contributed by atoms with Crippen LogP contribution in [0.25, 0.3) is 10.2 Å². The summed E-state index contributed by atoms with van der Waals surface area (Å²) in [6.07, 6.45) is 2.92. The Bertz CT molecular complexity index is 643. The number of thiazole rings is 1. The Kier molecular flexibility index (Phi) is 3.54. The van der Waals surface area contributed by atoms with Gasteiger partial charge in [0, 0.05) is 18.6 Å². The maximum absolute atomic E-state index is 11.3. The fraction of sp³-hybridized carbons (Fsp3) is 0.462. The smallest absolute Gasteiger partial charge is 0.319 e. The summed E-state index contributed by atoms with van der Waals surface area (Å²) in [6.45, 7) is 0.115. The Morgan fingerprint density at radius 1 is 1.50 bits per heavy atom. The van der Waals surface area contributed by atoms with Crippen molar-refractivity contribution in [1.82, 2.24) is 4.98 Å². The Labute approximate surface area is 119 Å². The molecular weight excluding hydrogens is 278 g/mol. The van der Waals surface area contributed by atoms with Gasteiger partial charge in [0.2, 0.25) is 0 Å². The molecule has 1 aromatic heterocycles. The summed E-state index contributed by atoms with van der Waals surface area (Å²) in [5.74, 6) is 0.167. The summed E-state index contributed by atoms with van der Waals surface area (Å²) < 4.78 is 0.812. The summed E-state index contributed by atoms with van der Waals surface area (Å²) in [4.78, 5) is 15.1. The SMILES string of the molecule is O=[N+]([O-])c1c(NC2CCCC2CO)ccc2scnc12. The van der Waals surface area contributed by atoms with E-state index in [4.69, 9.17) is 0 Å². The maximum atomic E-state index is 11.3. The van der Waals surface area contributed by atoms with Crippen molar-refractivity contribution in [2.75, 3.05) is 11.9 Å². The van der Waals surface area contributed by atoms with Crippen molar-refractivity contribution >= 4 is 32.9 Å². The summed E-state index contributed by atoms with van der Waals surface area (Å²) in [5.41, 5.74) is 2.59. The number of aromatic nitrogens is 1. The van der Waals surface area contributed by atoms with Crippen molar-refractivity contribution in [2.45, 2.75) is 25.3 Å². The molecule has 1 heterocycles. The number of benzene rings is 1. The van der Waals surface area contributed by atoms with Crippen LogP contribution in [-0.2, 0) is 0 Å². The fourth-order valence-electron chi connectivity index (χ4n) is 2.86. The Morgan fingerprint density at radius 3 is 3.10 bits per heavy atom. The van der Waals surface area contributed by atoms with Gasteiger partial charge in [-0.1, -0.05) is 6.42 Å². The van der Waals surface area contributed by atoms with Crippen molar-refractivity contribution in [3.63, 3.8) is 0 Å². The van der Waals surface area contributed by atoms with Gasteiger partial charge >= 0.3 is 5.69 Å². The van der Waals surface area contributed by atoms with E-state index in [1.54, 1.807) is 11.6 Å². The van der Waals surface area contributed by atoms with Gasteiger partial charge in [-0.2, -0.15) is 0 Å². The van der Waals surface area contributed by atoms with Crippen LogP contribution in [0, 0.1) is 16.0 Å². The number of nitrogens with one attached hydrogen (secondary N) is 1. The number of rotatable bonds is 4. The second-order valence-electron chi connectivity index (χ2n) is 5.04. The molecule has 0 saturated heterocycles. The lowest BCUT2D eigenvalue weighted by atomic mass is 10.0. The topological polar surface area (TPSA) is 88.3 Å². The molecule has 2 unspecified atom stereocenters. The number of nitrogens with zero attached hydrogens (tertiary/aromatic N) is 2. The molecule has 7 heteroatoms. The zero-order valence-corrected chi connectivity index (χ0v) is 11.6. The molecule has 20 heavy (non-hydrogen) atoms. The minimum atomic E-state index is -0.382. The molecule has 1 aliphatic carbocycles. The normalized spacial score (nSPS) is 22.2. The number of hydrogen-bond donors (Lipinski definition) is 2. The van der Waals surface area contributed by atoms with E-state index in [-0.39, 0.29) is 29.2 Å². The van der Waals surface area contributed by atoms with Crippen LogP contribution < -0.4 is 5.32 Å². The van der Waals surface area contributed by atoms with E-state index in [0.29, 0.717) is 11.2 Å². The van der Waals surface area contributed by atoms with Crippen LogP contribution in [0.2, 0.25) is 0 Å². The standard InChI is InChI=1S/C13H15N3O3S/c17-6-8-2-1-3-9(8)15-10-4-5-11-12(14-7-20-11)13(10)16(18)19/h4-5,7-9,15,17H,1-3,6H2. The molecule has 2 N–H and O–H groups in total. The number of nitro benzene ring substituents is 1. The molecular formula is C13H15N3O3S. The lowest BCUT2D eigenvalue weighted by Gasteiger charge is -2.20. The van der Waals surface area contributed by atoms with Crippen LogP contribution in [0.1, 0.15) is 19.3 Å². The zero-order valence-electron chi connectivity index (χ0n) is 10.8. The Hall–Kier alpha value is -1.73. The van der Waals surface area contributed by atoms with Gasteiger partial charge in [-0.25, -0.2) is 4.98 Å². The molecule has 3 rings (SSSR count). The average Bonchev–Trinajstić information content (AvgIpc) is 3.06. The molecule has 2 aromatic rings. The van der Waals surface area contributed by atoms with Crippen LogP contribution in [0.5, 0.6) is 0 Å². The number of nitro groups is 1. The molecule has 0 spiro atoms. The van der Waals surface area contributed by atoms with Crippen LogP contribution in [0.4, 0.5) is 11.4 Å². The first-order valence-corrected chi connectivity index (χ1v) is 7.46. The monoisotopic (exact) mass is 293 g/mol.